The number of hydrogen-bond acceptors (Lipinski definition) is 6. The molecule has 1 aliphatic rings. The minimum absolute atomic E-state index is 0.0925. The van der Waals surface area contributed by atoms with E-state index in [0.717, 1.165) is 25.7 Å². The van der Waals surface area contributed by atoms with Crippen LogP contribution in [-0.4, -0.2) is 87.8 Å². The number of β-amino-alcohol motifs (C(OH)–C–C–N with tert-alkyl or cyclic N) is 1. The summed E-state index contributed by atoms with van der Waals surface area (Å²) < 4.78 is 5.42. The zero-order valence-electron chi connectivity index (χ0n) is 12.6. The van der Waals surface area contributed by atoms with Crippen molar-refractivity contribution in [3.63, 3.8) is 0 Å². The molecule has 22 heavy (non-hydrogen) atoms. The molecule has 4 N–H and O–H groups in total. The summed E-state index contributed by atoms with van der Waals surface area (Å²) in [7, 11) is 0. The molecule has 8 heteroatoms. The minimum atomic E-state index is -1.41. The van der Waals surface area contributed by atoms with Gasteiger partial charge in [-0.2, -0.15) is 0 Å². The van der Waals surface area contributed by atoms with Crippen LogP contribution in [0.5, 0.6) is 0 Å². The van der Waals surface area contributed by atoms with Crippen molar-refractivity contribution >= 4 is 17.5 Å². The number of alkyl halides is 1. The first-order chi connectivity index (χ1) is 10.5. The van der Waals surface area contributed by atoms with E-state index in [2.05, 4.69) is 0 Å². The molecule has 1 saturated heterocycles. The number of nitrogens with zero attached hydrogens (tertiary/aromatic N) is 1. The van der Waals surface area contributed by atoms with Crippen molar-refractivity contribution in [1.82, 2.24) is 4.90 Å². The van der Waals surface area contributed by atoms with Gasteiger partial charge in [0.05, 0.1) is 6.61 Å². The molecule has 1 aliphatic heterocycles. The van der Waals surface area contributed by atoms with Gasteiger partial charge in [-0.25, -0.2) is 0 Å². The molecule has 0 aromatic heterocycles. The Bertz CT molecular complexity index is 332. The second kappa shape index (κ2) is 10.4. The molecule has 1 heterocycles. The third-order valence-electron chi connectivity index (χ3n) is 3.80. The van der Waals surface area contributed by atoms with Gasteiger partial charge in [0.25, 0.3) is 0 Å². The summed E-state index contributed by atoms with van der Waals surface area (Å²) in [5, 5.41) is 39.1. The lowest BCUT2D eigenvalue weighted by molar-refractivity contribution is -0.151. The SMILES string of the molecule is O=C(CCl)N1CCCCCCO[C@H]([C@H](O)CO)[C@H](O)[C@H](O)C1. The molecule has 0 aliphatic carbocycles. The molecular formula is C14H26ClNO6. The lowest BCUT2D eigenvalue weighted by Gasteiger charge is -2.33. The fraction of sp³-hybridized carbons (Fsp3) is 0.929. The van der Waals surface area contributed by atoms with Crippen LogP contribution in [0.3, 0.4) is 0 Å². The molecule has 0 unspecified atom stereocenters. The molecule has 0 radical (unpaired) electrons. The van der Waals surface area contributed by atoms with Gasteiger partial charge in [-0.1, -0.05) is 12.8 Å². The van der Waals surface area contributed by atoms with Crippen molar-refractivity contribution in [3.8, 4) is 0 Å². The maximum Gasteiger partial charge on any atom is 0.237 e. The molecular weight excluding hydrogens is 314 g/mol. The number of carbonyl (C=O) groups is 1. The van der Waals surface area contributed by atoms with Gasteiger partial charge in [0.1, 0.15) is 30.3 Å². The van der Waals surface area contributed by atoms with E-state index in [1.54, 1.807) is 0 Å². The molecule has 0 saturated carbocycles. The first-order valence-electron chi connectivity index (χ1n) is 7.61. The quantitative estimate of drug-likeness (QED) is 0.495. The smallest absolute Gasteiger partial charge is 0.237 e. The molecule has 0 aromatic carbocycles. The number of rotatable bonds is 3. The first-order valence-corrected chi connectivity index (χ1v) is 8.15. The Morgan fingerprint density at radius 2 is 1.95 bits per heavy atom. The lowest BCUT2D eigenvalue weighted by Crippen LogP contribution is -2.52. The van der Waals surface area contributed by atoms with E-state index in [1.807, 2.05) is 0 Å². The summed E-state index contributed by atoms with van der Waals surface area (Å²) in [6, 6.07) is 0. The number of amides is 1. The van der Waals surface area contributed by atoms with E-state index in [4.69, 9.17) is 21.4 Å². The van der Waals surface area contributed by atoms with E-state index in [-0.39, 0.29) is 18.3 Å². The first kappa shape index (κ1) is 19.6. The molecule has 1 rings (SSSR count). The van der Waals surface area contributed by atoms with Crippen LogP contribution in [0.25, 0.3) is 0 Å². The summed E-state index contributed by atoms with van der Waals surface area (Å²) in [5.74, 6) is -0.507. The number of aliphatic hydroxyl groups is 4. The van der Waals surface area contributed by atoms with Gasteiger partial charge < -0.3 is 30.1 Å². The van der Waals surface area contributed by atoms with E-state index in [0.29, 0.717) is 13.2 Å². The third kappa shape index (κ3) is 5.98. The number of carbonyl (C=O) groups excluding carboxylic acids is 1. The van der Waals surface area contributed by atoms with Crippen LogP contribution in [0.1, 0.15) is 25.7 Å². The fourth-order valence-electron chi connectivity index (χ4n) is 2.47. The zero-order valence-corrected chi connectivity index (χ0v) is 13.4. The number of aliphatic hydroxyl groups excluding tert-OH is 4. The number of halogens is 1. The van der Waals surface area contributed by atoms with Crippen molar-refractivity contribution in [1.29, 1.82) is 0 Å². The molecule has 1 fully saturated rings. The molecule has 0 spiro atoms. The van der Waals surface area contributed by atoms with Crippen LogP contribution < -0.4 is 0 Å². The van der Waals surface area contributed by atoms with Gasteiger partial charge >= 0.3 is 0 Å². The molecule has 130 valence electrons. The van der Waals surface area contributed by atoms with Crippen LogP contribution in [0.2, 0.25) is 0 Å². The van der Waals surface area contributed by atoms with E-state index < -0.39 is 31.0 Å². The van der Waals surface area contributed by atoms with Gasteiger partial charge in [-0.05, 0) is 12.8 Å². The van der Waals surface area contributed by atoms with E-state index in [1.165, 1.54) is 4.90 Å². The molecule has 7 nitrogen and oxygen atoms in total. The van der Waals surface area contributed by atoms with E-state index >= 15 is 0 Å². The van der Waals surface area contributed by atoms with Gasteiger partial charge in [0, 0.05) is 19.7 Å². The highest BCUT2D eigenvalue weighted by Gasteiger charge is 2.34. The molecule has 1 amide bonds. The Labute approximate surface area is 135 Å². The Balaban J connectivity index is 2.81. The summed E-state index contributed by atoms with van der Waals surface area (Å²) in [4.78, 5) is 13.2. The average Bonchev–Trinajstić information content (AvgIpc) is 2.52. The lowest BCUT2D eigenvalue weighted by atomic mass is 10.0. The Morgan fingerprint density at radius 3 is 2.59 bits per heavy atom. The standard InChI is InChI=1S/C14H26ClNO6/c15-7-12(20)16-5-3-1-2-4-6-22-14(11(19)9-17)13(21)10(18)8-16/h10-11,13-14,17-19,21H,1-9H2/t10-,11-,13-,14-/m1/s1. The summed E-state index contributed by atoms with van der Waals surface area (Å²) >= 11 is 5.56. The monoisotopic (exact) mass is 339 g/mol. The van der Waals surface area contributed by atoms with E-state index in [9.17, 15) is 20.1 Å². The second-order valence-corrected chi connectivity index (χ2v) is 5.80. The summed E-state index contributed by atoms with van der Waals surface area (Å²) in [5.41, 5.74) is 0. The Kier molecular flexibility index (Phi) is 9.23. The predicted octanol–water partition coefficient (Wildman–Crippen LogP) is -0.912. The minimum Gasteiger partial charge on any atom is -0.394 e. The highest BCUT2D eigenvalue weighted by atomic mass is 35.5. The zero-order chi connectivity index (χ0) is 16.5. The Morgan fingerprint density at radius 1 is 1.27 bits per heavy atom. The molecule has 0 bridgehead atoms. The van der Waals surface area contributed by atoms with Crippen molar-refractivity contribution < 1.29 is 30.0 Å². The van der Waals surface area contributed by atoms with Crippen molar-refractivity contribution in [2.75, 3.05) is 32.2 Å². The van der Waals surface area contributed by atoms with Gasteiger partial charge in [-0.3, -0.25) is 4.79 Å². The van der Waals surface area contributed by atoms with Crippen LogP contribution in [0, 0.1) is 0 Å². The topological polar surface area (TPSA) is 110 Å². The van der Waals surface area contributed by atoms with Gasteiger partial charge in [-0.15, -0.1) is 11.6 Å². The normalized spacial score (nSPS) is 30.2. The molecule has 4 atom stereocenters. The van der Waals surface area contributed by atoms with Crippen molar-refractivity contribution in [2.24, 2.45) is 0 Å². The average molecular weight is 340 g/mol. The fourth-order valence-corrected chi connectivity index (χ4v) is 2.64. The maximum atomic E-state index is 11.8. The van der Waals surface area contributed by atoms with Crippen LogP contribution in [0.4, 0.5) is 0 Å². The highest BCUT2D eigenvalue weighted by molar-refractivity contribution is 6.27. The van der Waals surface area contributed by atoms with Crippen LogP contribution >= 0.6 is 11.6 Å². The Hall–Kier alpha value is -0.440. The van der Waals surface area contributed by atoms with Crippen molar-refractivity contribution in [3.05, 3.63) is 0 Å². The second-order valence-electron chi connectivity index (χ2n) is 5.53. The maximum absolute atomic E-state index is 11.8. The van der Waals surface area contributed by atoms with Crippen molar-refractivity contribution in [2.45, 2.75) is 50.1 Å². The number of hydrogen-bond donors (Lipinski definition) is 4. The highest BCUT2D eigenvalue weighted by Crippen LogP contribution is 2.14. The largest absolute Gasteiger partial charge is 0.394 e. The molecule has 0 aromatic rings. The third-order valence-corrected chi connectivity index (χ3v) is 4.03. The van der Waals surface area contributed by atoms with Crippen LogP contribution in [-0.2, 0) is 9.53 Å². The number of ether oxygens (including phenoxy) is 1. The summed E-state index contributed by atoms with van der Waals surface area (Å²) in [6.45, 7) is 0.114. The van der Waals surface area contributed by atoms with Crippen LogP contribution in [0.15, 0.2) is 0 Å². The van der Waals surface area contributed by atoms with Gasteiger partial charge in [0.2, 0.25) is 5.91 Å². The van der Waals surface area contributed by atoms with Gasteiger partial charge in [0.15, 0.2) is 0 Å². The summed E-state index contributed by atoms with van der Waals surface area (Å²) in [6.07, 6.45) is -1.79. The predicted molar refractivity (Wildman–Crippen MR) is 80.6 cm³/mol.